The Morgan fingerprint density at radius 2 is 2.15 bits per heavy atom. The van der Waals surface area contributed by atoms with Crippen LogP contribution in [0.15, 0.2) is 0 Å². The maximum atomic E-state index is 11.7. The van der Waals surface area contributed by atoms with Crippen molar-refractivity contribution >= 4 is 5.91 Å². The highest BCUT2D eigenvalue weighted by Gasteiger charge is 2.34. The molecule has 1 saturated heterocycles. The molecule has 0 aromatic rings. The second-order valence-electron chi connectivity index (χ2n) is 4.58. The molecule has 2 rings (SSSR count). The molecule has 1 aliphatic carbocycles. The third kappa shape index (κ3) is 2.02. The Morgan fingerprint density at radius 1 is 1.46 bits per heavy atom. The fourth-order valence-electron chi connectivity index (χ4n) is 2.09. The molecule has 0 aromatic carbocycles. The van der Waals surface area contributed by atoms with Crippen molar-refractivity contribution in [2.24, 2.45) is 5.92 Å². The van der Waals surface area contributed by atoms with Gasteiger partial charge in [-0.25, -0.2) is 0 Å². The number of hydrogen-bond acceptors (Lipinski definition) is 2. The first-order chi connectivity index (χ1) is 6.16. The van der Waals surface area contributed by atoms with E-state index in [9.17, 15) is 4.79 Å². The molecule has 0 spiro atoms. The van der Waals surface area contributed by atoms with Gasteiger partial charge < -0.3 is 5.32 Å². The van der Waals surface area contributed by atoms with Crippen molar-refractivity contribution in [2.45, 2.75) is 38.3 Å². The molecule has 3 nitrogen and oxygen atoms in total. The monoisotopic (exact) mass is 182 g/mol. The zero-order chi connectivity index (χ0) is 9.42. The SMILES string of the molecule is CC1C[C@@H](C(=O)NC2CC2)N(C)C1. The second-order valence-corrected chi connectivity index (χ2v) is 4.58. The molecule has 13 heavy (non-hydrogen) atoms. The van der Waals surface area contributed by atoms with Gasteiger partial charge in [-0.05, 0) is 32.2 Å². The highest BCUT2D eigenvalue weighted by Crippen LogP contribution is 2.23. The third-order valence-corrected chi connectivity index (χ3v) is 2.98. The Bertz CT molecular complexity index is 213. The average Bonchev–Trinajstić information content (AvgIpc) is 2.77. The van der Waals surface area contributed by atoms with E-state index in [1.54, 1.807) is 0 Å². The standard InChI is InChI=1S/C10H18N2O/c1-7-5-9(12(2)6-7)10(13)11-8-3-4-8/h7-9H,3-6H2,1-2H3,(H,11,13)/t7?,9-/m0/s1. The van der Waals surface area contributed by atoms with Crippen LogP contribution in [0.25, 0.3) is 0 Å². The van der Waals surface area contributed by atoms with E-state index >= 15 is 0 Å². The van der Waals surface area contributed by atoms with Gasteiger partial charge >= 0.3 is 0 Å². The molecule has 2 fully saturated rings. The average molecular weight is 182 g/mol. The molecule has 1 amide bonds. The van der Waals surface area contributed by atoms with Gasteiger partial charge in [-0.3, -0.25) is 9.69 Å². The normalized spacial score (nSPS) is 34.9. The van der Waals surface area contributed by atoms with Crippen LogP contribution in [0.1, 0.15) is 26.2 Å². The summed E-state index contributed by atoms with van der Waals surface area (Å²) in [6.45, 7) is 3.27. The fraction of sp³-hybridized carbons (Fsp3) is 0.900. The summed E-state index contributed by atoms with van der Waals surface area (Å²) in [5, 5.41) is 3.07. The molecular weight excluding hydrogens is 164 g/mol. The largest absolute Gasteiger partial charge is 0.352 e. The first-order valence-electron chi connectivity index (χ1n) is 5.17. The Morgan fingerprint density at radius 3 is 2.62 bits per heavy atom. The second kappa shape index (κ2) is 3.29. The van der Waals surface area contributed by atoms with Gasteiger partial charge in [-0.1, -0.05) is 6.92 Å². The van der Waals surface area contributed by atoms with E-state index in [1.165, 1.54) is 12.8 Å². The molecule has 2 aliphatic rings. The number of amides is 1. The van der Waals surface area contributed by atoms with E-state index in [1.807, 2.05) is 7.05 Å². The van der Waals surface area contributed by atoms with Crippen molar-refractivity contribution in [1.29, 1.82) is 0 Å². The zero-order valence-electron chi connectivity index (χ0n) is 8.42. The summed E-state index contributed by atoms with van der Waals surface area (Å²) >= 11 is 0. The highest BCUT2D eigenvalue weighted by atomic mass is 16.2. The van der Waals surface area contributed by atoms with E-state index < -0.39 is 0 Å². The molecule has 0 bridgehead atoms. The number of nitrogens with zero attached hydrogens (tertiary/aromatic N) is 1. The lowest BCUT2D eigenvalue weighted by atomic mass is 10.1. The molecule has 1 N–H and O–H groups in total. The summed E-state index contributed by atoms with van der Waals surface area (Å²) in [6, 6.07) is 0.632. The maximum absolute atomic E-state index is 11.7. The molecular formula is C10H18N2O. The number of carbonyl (C=O) groups excluding carboxylic acids is 1. The molecule has 3 heteroatoms. The third-order valence-electron chi connectivity index (χ3n) is 2.98. The minimum atomic E-state index is 0.135. The van der Waals surface area contributed by atoms with Crippen LogP contribution in [0.2, 0.25) is 0 Å². The predicted molar refractivity (Wildman–Crippen MR) is 51.4 cm³/mol. The molecule has 1 unspecified atom stereocenters. The van der Waals surface area contributed by atoms with Gasteiger partial charge in [0.2, 0.25) is 5.91 Å². The van der Waals surface area contributed by atoms with Crippen LogP contribution >= 0.6 is 0 Å². The summed E-state index contributed by atoms with van der Waals surface area (Å²) in [4.78, 5) is 13.9. The lowest BCUT2D eigenvalue weighted by molar-refractivity contribution is -0.125. The molecule has 1 saturated carbocycles. The van der Waals surface area contributed by atoms with E-state index in [4.69, 9.17) is 0 Å². The van der Waals surface area contributed by atoms with Crippen molar-refractivity contribution < 1.29 is 4.79 Å². The number of likely N-dealkylation sites (N-methyl/N-ethyl adjacent to an activating group) is 1. The first kappa shape index (κ1) is 9.00. The lowest BCUT2D eigenvalue weighted by Gasteiger charge is -2.18. The number of rotatable bonds is 2. The summed E-state index contributed by atoms with van der Waals surface area (Å²) in [6.07, 6.45) is 3.38. The van der Waals surface area contributed by atoms with E-state index in [2.05, 4.69) is 17.1 Å². The van der Waals surface area contributed by atoms with Crippen LogP contribution in [0.3, 0.4) is 0 Å². The first-order valence-corrected chi connectivity index (χ1v) is 5.17. The topological polar surface area (TPSA) is 32.3 Å². The minimum Gasteiger partial charge on any atom is -0.352 e. The number of likely N-dealkylation sites (tertiary alicyclic amines) is 1. The van der Waals surface area contributed by atoms with E-state index in [0.29, 0.717) is 12.0 Å². The summed E-state index contributed by atoms with van der Waals surface area (Å²) in [5.74, 6) is 0.911. The maximum Gasteiger partial charge on any atom is 0.237 e. The van der Waals surface area contributed by atoms with Gasteiger partial charge in [-0.15, -0.1) is 0 Å². The highest BCUT2D eigenvalue weighted by molar-refractivity contribution is 5.82. The summed E-state index contributed by atoms with van der Waals surface area (Å²) in [7, 11) is 2.04. The van der Waals surface area contributed by atoms with Gasteiger partial charge in [0.1, 0.15) is 0 Å². The van der Waals surface area contributed by atoms with Gasteiger partial charge in [0.05, 0.1) is 6.04 Å². The Balaban J connectivity index is 1.87. The fourth-order valence-corrected chi connectivity index (χ4v) is 2.09. The Kier molecular flexibility index (Phi) is 2.28. The molecule has 1 aliphatic heterocycles. The van der Waals surface area contributed by atoms with Crippen LogP contribution in [-0.4, -0.2) is 36.5 Å². The summed E-state index contributed by atoms with van der Waals surface area (Å²) in [5.41, 5.74) is 0. The minimum absolute atomic E-state index is 0.135. The molecule has 0 radical (unpaired) electrons. The predicted octanol–water partition coefficient (Wildman–Crippen LogP) is 0.605. The van der Waals surface area contributed by atoms with Crippen molar-refractivity contribution in [3.63, 3.8) is 0 Å². The van der Waals surface area contributed by atoms with Crippen molar-refractivity contribution in [2.75, 3.05) is 13.6 Å². The van der Waals surface area contributed by atoms with Crippen LogP contribution < -0.4 is 5.32 Å². The van der Waals surface area contributed by atoms with Gasteiger partial charge in [0, 0.05) is 12.6 Å². The summed E-state index contributed by atoms with van der Waals surface area (Å²) < 4.78 is 0. The number of carbonyl (C=O) groups is 1. The van der Waals surface area contributed by atoms with Gasteiger partial charge in [0.25, 0.3) is 0 Å². The van der Waals surface area contributed by atoms with Gasteiger partial charge in [0.15, 0.2) is 0 Å². The van der Waals surface area contributed by atoms with Crippen molar-refractivity contribution in [3.8, 4) is 0 Å². The number of hydrogen-bond donors (Lipinski definition) is 1. The van der Waals surface area contributed by atoms with Crippen LogP contribution in [0.5, 0.6) is 0 Å². The molecule has 1 heterocycles. The van der Waals surface area contributed by atoms with Crippen LogP contribution in [0.4, 0.5) is 0 Å². The zero-order valence-corrected chi connectivity index (χ0v) is 8.42. The van der Waals surface area contributed by atoms with Crippen molar-refractivity contribution in [1.82, 2.24) is 10.2 Å². The van der Waals surface area contributed by atoms with Crippen LogP contribution in [-0.2, 0) is 4.79 Å². The molecule has 74 valence electrons. The van der Waals surface area contributed by atoms with Gasteiger partial charge in [-0.2, -0.15) is 0 Å². The van der Waals surface area contributed by atoms with Crippen molar-refractivity contribution in [3.05, 3.63) is 0 Å². The molecule has 0 aromatic heterocycles. The molecule has 2 atom stereocenters. The van der Waals surface area contributed by atoms with E-state index in [0.717, 1.165) is 13.0 Å². The number of nitrogens with one attached hydrogen (secondary N) is 1. The Hall–Kier alpha value is -0.570. The lowest BCUT2D eigenvalue weighted by Crippen LogP contribution is -2.42. The van der Waals surface area contributed by atoms with Crippen LogP contribution in [0, 0.1) is 5.92 Å². The smallest absolute Gasteiger partial charge is 0.237 e. The van der Waals surface area contributed by atoms with E-state index in [-0.39, 0.29) is 11.9 Å². The quantitative estimate of drug-likeness (QED) is 0.678. The Labute approximate surface area is 79.5 Å².